The molecule has 30 heavy (non-hydrogen) atoms. The fraction of sp³-hybridized carbons (Fsp3) is 0.167. The van der Waals surface area contributed by atoms with Gasteiger partial charge in [0.15, 0.2) is 15.5 Å². The zero-order valence-electron chi connectivity index (χ0n) is 14.9. The van der Waals surface area contributed by atoms with Gasteiger partial charge in [-0.3, -0.25) is 0 Å². The van der Waals surface area contributed by atoms with E-state index in [1.165, 1.54) is 0 Å². The van der Waals surface area contributed by atoms with Gasteiger partial charge in [-0.1, -0.05) is 12.1 Å². The monoisotopic (exact) mass is 452 g/mol. The Morgan fingerprint density at radius 3 is 2.10 bits per heavy atom. The summed E-state index contributed by atoms with van der Waals surface area (Å²) in [5, 5.41) is 3.35. The smallest absolute Gasteiger partial charge is 0.232 e. The molecule has 0 spiro atoms. The lowest BCUT2D eigenvalue weighted by molar-refractivity contribution is -0.141. The predicted molar refractivity (Wildman–Crippen MR) is 92.1 cm³/mol. The first-order valence-corrected chi connectivity index (χ1v) is 9.92. The van der Waals surface area contributed by atoms with Crippen LogP contribution in [0.2, 0.25) is 0 Å². The molecule has 0 aliphatic carbocycles. The first-order valence-electron chi connectivity index (χ1n) is 8.03. The molecule has 0 saturated heterocycles. The Morgan fingerprint density at radius 2 is 1.57 bits per heavy atom. The average molecular weight is 452 g/mol. The van der Waals surface area contributed by atoms with Crippen molar-refractivity contribution in [3.8, 4) is 16.9 Å². The maximum atomic E-state index is 14.2. The summed E-state index contributed by atoms with van der Waals surface area (Å²) in [7, 11) is -3.94. The standard InChI is InChI=1S/C18H11F7N2O2S/c1-30(28,29)15-6-5-12(8-13(15)19)27-14(9-16(26-27)18(23,24)25)10-3-2-4-11(7-10)17(20,21)22/h2-9H,1H3. The molecule has 12 heteroatoms. The summed E-state index contributed by atoms with van der Waals surface area (Å²) >= 11 is 0. The molecule has 0 atom stereocenters. The van der Waals surface area contributed by atoms with Gasteiger partial charge in [-0.05, 0) is 30.3 Å². The lowest BCUT2D eigenvalue weighted by Crippen LogP contribution is -2.08. The van der Waals surface area contributed by atoms with E-state index in [0.717, 1.165) is 36.6 Å². The summed E-state index contributed by atoms with van der Waals surface area (Å²) < 4.78 is 116. The van der Waals surface area contributed by atoms with E-state index in [0.29, 0.717) is 22.9 Å². The maximum Gasteiger partial charge on any atom is 0.435 e. The van der Waals surface area contributed by atoms with Gasteiger partial charge in [0.2, 0.25) is 0 Å². The average Bonchev–Trinajstić information content (AvgIpc) is 3.05. The third-order valence-corrected chi connectivity index (χ3v) is 5.17. The predicted octanol–water partition coefficient (Wildman–Crippen LogP) is 5.12. The third-order valence-electron chi connectivity index (χ3n) is 4.04. The molecule has 0 bridgehead atoms. The zero-order chi connectivity index (χ0) is 22.5. The van der Waals surface area contributed by atoms with Gasteiger partial charge in [-0.2, -0.15) is 31.4 Å². The van der Waals surface area contributed by atoms with E-state index in [4.69, 9.17) is 0 Å². The van der Waals surface area contributed by atoms with Crippen LogP contribution in [0.25, 0.3) is 16.9 Å². The van der Waals surface area contributed by atoms with Gasteiger partial charge in [0.05, 0.1) is 16.9 Å². The number of benzene rings is 2. The first-order chi connectivity index (χ1) is 13.7. The van der Waals surface area contributed by atoms with Crippen molar-refractivity contribution in [1.29, 1.82) is 0 Å². The summed E-state index contributed by atoms with van der Waals surface area (Å²) in [6.45, 7) is 0. The van der Waals surface area contributed by atoms with Gasteiger partial charge in [0.25, 0.3) is 0 Å². The molecule has 0 fully saturated rings. The number of hydrogen-bond acceptors (Lipinski definition) is 3. The highest BCUT2D eigenvalue weighted by atomic mass is 32.2. The quantitative estimate of drug-likeness (QED) is 0.519. The molecule has 1 heterocycles. The number of sulfone groups is 1. The molecular formula is C18H11F7N2O2S. The van der Waals surface area contributed by atoms with Gasteiger partial charge < -0.3 is 0 Å². The fourth-order valence-corrected chi connectivity index (χ4v) is 3.43. The topological polar surface area (TPSA) is 52.0 Å². The summed E-state index contributed by atoms with van der Waals surface area (Å²) in [6, 6.07) is 6.54. The van der Waals surface area contributed by atoms with Gasteiger partial charge in [0, 0.05) is 17.9 Å². The Morgan fingerprint density at radius 1 is 0.900 bits per heavy atom. The normalized spacial score (nSPS) is 12.9. The number of hydrogen-bond donors (Lipinski definition) is 0. The van der Waals surface area contributed by atoms with Crippen LogP contribution >= 0.6 is 0 Å². The molecule has 0 amide bonds. The lowest BCUT2D eigenvalue weighted by Gasteiger charge is -2.11. The molecule has 0 N–H and O–H groups in total. The summed E-state index contributed by atoms with van der Waals surface area (Å²) in [6.07, 6.45) is -8.92. The number of halogens is 7. The molecule has 1 aromatic heterocycles. The molecule has 160 valence electrons. The lowest BCUT2D eigenvalue weighted by atomic mass is 10.1. The van der Waals surface area contributed by atoms with E-state index in [9.17, 15) is 39.2 Å². The Hall–Kier alpha value is -2.89. The summed E-state index contributed by atoms with van der Waals surface area (Å²) in [5.41, 5.74) is -3.45. The Kier molecular flexibility index (Phi) is 5.17. The number of nitrogens with zero attached hydrogens (tertiary/aromatic N) is 2. The van der Waals surface area contributed by atoms with Crippen LogP contribution in [0, 0.1) is 5.82 Å². The van der Waals surface area contributed by atoms with E-state index in [1.54, 1.807) is 0 Å². The minimum atomic E-state index is -4.92. The second kappa shape index (κ2) is 7.11. The number of rotatable bonds is 3. The maximum absolute atomic E-state index is 14.2. The van der Waals surface area contributed by atoms with E-state index in [2.05, 4.69) is 5.10 Å². The van der Waals surface area contributed by atoms with E-state index in [1.807, 2.05) is 0 Å². The van der Waals surface area contributed by atoms with Crippen LogP contribution in [-0.4, -0.2) is 24.5 Å². The molecule has 2 aromatic carbocycles. The van der Waals surface area contributed by atoms with Crippen LogP contribution in [0.3, 0.4) is 0 Å². The van der Waals surface area contributed by atoms with E-state index >= 15 is 0 Å². The first kappa shape index (κ1) is 21.8. The van der Waals surface area contributed by atoms with Crippen molar-refractivity contribution in [1.82, 2.24) is 9.78 Å². The van der Waals surface area contributed by atoms with E-state index in [-0.39, 0.29) is 16.9 Å². The minimum absolute atomic E-state index is 0.250. The van der Waals surface area contributed by atoms with Crippen molar-refractivity contribution >= 4 is 9.84 Å². The zero-order valence-corrected chi connectivity index (χ0v) is 15.7. The van der Waals surface area contributed by atoms with Gasteiger partial charge in [0.1, 0.15) is 10.7 Å². The largest absolute Gasteiger partial charge is 0.435 e. The van der Waals surface area contributed by atoms with Crippen molar-refractivity contribution in [3.63, 3.8) is 0 Å². The highest BCUT2D eigenvalue weighted by Crippen LogP contribution is 2.36. The van der Waals surface area contributed by atoms with Crippen LogP contribution in [0.15, 0.2) is 53.4 Å². The van der Waals surface area contributed by atoms with E-state index < -0.39 is 44.2 Å². The number of alkyl halides is 6. The third kappa shape index (κ3) is 4.32. The van der Waals surface area contributed by atoms with Crippen LogP contribution in [-0.2, 0) is 22.2 Å². The van der Waals surface area contributed by atoms with Crippen molar-refractivity contribution in [2.24, 2.45) is 0 Å². The van der Waals surface area contributed by atoms with Crippen LogP contribution in [0.4, 0.5) is 30.7 Å². The molecule has 3 aromatic rings. The fourth-order valence-electron chi connectivity index (χ4n) is 2.70. The van der Waals surface area contributed by atoms with Crippen LogP contribution in [0.1, 0.15) is 11.3 Å². The summed E-state index contributed by atoms with van der Waals surface area (Å²) in [4.78, 5) is -0.685. The molecule has 0 aliphatic heterocycles. The molecule has 0 aliphatic rings. The Bertz CT molecular complexity index is 1210. The second-order valence-electron chi connectivity index (χ2n) is 6.29. The van der Waals surface area contributed by atoms with Crippen molar-refractivity contribution in [2.45, 2.75) is 17.2 Å². The minimum Gasteiger partial charge on any atom is -0.232 e. The molecule has 3 rings (SSSR count). The number of aromatic nitrogens is 2. The second-order valence-corrected chi connectivity index (χ2v) is 8.27. The molecular weight excluding hydrogens is 441 g/mol. The highest BCUT2D eigenvalue weighted by Gasteiger charge is 2.36. The molecule has 0 unspecified atom stereocenters. The summed E-state index contributed by atoms with van der Waals surface area (Å²) in [5.74, 6) is -1.24. The van der Waals surface area contributed by atoms with Crippen LogP contribution in [0.5, 0.6) is 0 Å². The Labute approximate surface area is 165 Å². The van der Waals surface area contributed by atoms with Gasteiger partial charge >= 0.3 is 12.4 Å². The van der Waals surface area contributed by atoms with Crippen molar-refractivity contribution < 1.29 is 39.2 Å². The SMILES string of the molecule is CS(=O)(=O)c1ccc(-n2nc(C(F)(F)F)cc2-c2cccc(C(F)(F)F)c2)cc1F. The Balaban J connectivity index is 2.24. The molecule has 0 radical (unpaired) electrons. The van der Waals surface area contributed by atoms with Crippen LogP contribution < -0.4 is 0 Å². The highest BCUT2D eigenvalue weighted by molar-refractivity contribution is 7.90. The van der Waals surface area contributed by atoms with Crippen molar-refractivity contribution in [3.05, 3.63) is 65.6 Å². The molecule has 0 saturated carbocycles. The van der Waals surface area contributed by atoms with Gasteiger partial charge in [-0.15, -0.1) is 0 Å². The molecule has 4 nitrogen and oxygen atoms in total. The van der Waals surface area contributed by atoms with Gasteiger partial charge in [-0.25, -0.2) is 17.5 Å². The van der Waals surface area contributed by atoms with Crippen molar-refractivity contribution in [2.75, 3.05) is 6.26 Å².